The lowest BCUT2D eigenvalue weighted by Gasteiger charge is -2.29. The zero-order valence-electron chi connectivity index (χ0n) is 49.5. The summed E-state index contributed by atoms with van der Waals surface area (Å²) in [5, 5.41) is 13.9. The predicted molar refractivity (Wildman–Crippen MR) is 325 cm³/mol. The Morgan fingerprint density at radius 3 is 1.24 bits per heavy atom. The highest BCUT2D eigenvalue weighted by molar-refractivity contribution is 7.45. The Labute approximate surface area is 464 Å². The topological polar surface area (TPSA) is 108 Å². The fourth-order valence-corrected chi connectivity index (χ4v) is 9.43. The summed E-state index contributed by atoms with van der Waals surface area (Å²) in [5.41, 5.74) is 0. The molecule has 0 aliphatic carbocycles. The second-order valence-electron chi connectivity index (χ2n) is 22.0. The van der Waals surface area contributed by atoms with Crippen molar-refractivity contribution >= 4 is 13.7 Å². The van der Waals surface area contributed by atoms with Gasteiger partial charge in [0, 0.05) is 6.42 Å². The number of nitrogens with zero attached hydrogens (tertiary/aromatic N) is 1. The van der Waals surface area contributed by atoms with Crippen LogP contribution in [0, 0.1) is 0 Å². The number of rotatable bonds is 56. The van der Waals surface area contributed by atoms with Crippen molar-refractivity contribution < 1.29 is 32.9 Å². The van der Waals surface area contributed by atoms with Crippen molar-refractivity contribution in [3.8, 4) is 0 Å². The van der Waals surface area contributed by atoms with Crippen molar-refractivity contribution in [2.75, 3.05) is 40.9 Å². The molecule has 434 valence electrons. The molecule has 0 aliphatic heterocycles. The first-order valence-corrected chi connectivity index (χ1v) is 32.6. The summed E-state index contributed by atoms with van der Waals surface area (Å²) in [7, 11) is 1.22. The fraction of sp³-hybridized carbons (Fsp3) is 0.742. The molecule has 0 radical (unpaired) electrons. The molecule has 0 fully saturated rings. The third-order valence-electron chi connectivity index (χ3n) is 13.5. The second kappa shape index (κ2) is 56.2. The number of unbranched alkanes of at least 4 members (excludes halogenated alkanes) is 29. The third kappa shape index (κ3) is 58.9. The number of quaternary nitrogens is 1. The summed E-state index contributed by atoms with van der Waals surface area (Å²) >= 11 is 0. The lowest BCUT2D eigenvalue weighted by atomic mass is 10.0. The van der Waals surface area contributed by atoms with E-state index in [0.717, 1.165) is 89.9 Å². The van der Waals surface area contributed by atoms with Crippen molar-refractivity contribution in [3.05, 3.63) is 97.2 Å². The number of phosphoric acid groups is 1. The van der Waals surface area contributed by atoms with Gasteiger partial charge in [-0.05, 0) is 83.5 Å². The van der Waals surface area contributed by atoms with E-state index in [4.69, 9.17) is 9.05 Å². The minimum atomic E-state index is -4.62. The molecule has 0 saturated carbocycles. The van der Waals surface area contributed by atoms with Crippen LogP contribution >= 0.6 is 7.82 Å². The molecule has 8 nitrogen and oxygen atoms in total. The largest absolute Gasteiger partial charge is 0.756 e. The number of aliphatic hydroxyl groups is 1. The SMILES string of the molecule is CC/C=C\C/C=C\C/C=C\C/C=C\C/C=C\C/C=C\CCCCCCC(=O)NC(COP(=O)([O-])OCC[N+](C)(C)C)C(O)/C=C/CC/C=C/CCCCCCCCCCCCCCCCCCCCCCCCCC. The Morgan fingerprint density at radius 2 is 0.827 bits per heavy atom. The van der Waals surface area contributed by atoms with Crippen LogP contribution in [0.4, 0.5) is 0 Å². The van der Waals surface area contributed by atoms with Gasteiger partial charge in [0.25, 0.3) is 7.82 Å². The molecule has 0 aromatic carbocycles. The van der Waals surface area contributed by atoms with Crippen molar-refractivity contribution in [1.29, 1.82) is 0 Å². The van der Waals surface area contributed by atoms with Crippen molar-refractivity contribution in [2.24, 2.45) is 0 Å². The number of amides is 1. The van der Waals surface area contributed by atoms with Gasteiger partial charge in [0.05, 0.1) is 39.9 Å². The number of nitrogens with one attached hydrogen (secondary N) is 1. The zero-order chi connectivity index (χ0) is 54.9. The molecular weight excluding hydrogens is 948 g/mol. The minimum Gasteiger partial charge on any atom is -0.756 e. The summed E-state index contributed by atoms with van der Waals surface area (Å²) in [6.45, 7) is 4.51. The van der Waals surface area contributed by atoms with Crippen LogP contribution in [-0.4, -0.2) is 68.5 Å². The molecule has 1 amide bonds. The van der Waals surface area contributed by atoms with Crippen LogP contribution < -0.4 is 10.2 Å². The molecule has 3 unspecified atom stereocenters. The molecule has 0 aromatic heterocycles. The highest BCUT2D eigenvalue weighted by Gasteiger charge is 2.23. The molecule has 0 heterocycles. The Morgan fingerprint density at radius 1 is 0.480 bits per heavy atom. The average molecular weight is 1070 g/mol. The molecule has 0 saturated heterocycles. The summed E-state index contributed by atoms with van der Waals surface area (Å²) in [5.74, 6) is -0.233. The van der Waals surface area contributed by atoms with Gasteiger partial charge in [0.2, 0.25) is 5.91 Å². The van der Waals surface area contributed by atoms with Crippen molar-refractivity contribution in [2.45, 2.75) is 276 Å². The van der Waals surface area contributed by atoms with Gasteiger partial charge in [-0.1, -0.05) is 272 Å². The zero-order valence-corrected chi connectivity index (χ0v) is 50.4. The maximum Gasteiger partial charge on any atom is 0.268 e. The number of hydrogen-bond donors (Lipinski definition) is 2. The van der Waals surface area contributed by atoms with Gasteiger partial charge in [0.1, 0.15) is 13.2 Å². The first-order chi connectivity index (χ1) is 36.5. The van der Waals surface area contributed by atoms with Crippen LogP contribution in [0.15, 0.2) is 97.2 Å². The number of allylic oxidation sites excluding steroid dienone is 15. The normalized spacial score (nSPS) is 14.5. The molecule has 2 N–H and O–H groups in total. The Kier molecular flexibility index (Phi) is 54.2. The first kappa shape index (κ1) is 72.4. The van der Waals surface area contributed by atoms with E-state index in [0.29, 0.717) is 17.4 Å². The summed E-state index contributed by atoms with van der Waals surface area (Å²) in [6.07, 6.45) is 80.8. The van der Waals surface area contributed by atoms with Crippen LogP contribution in [0.3, 0.4) is 0 Å². The van der Waals surface area contributed by atoms with Crippen LogP contribution in [-0.2, 0) is 18.4 Å². The predicted octanol–water partition coefficient (Wildman–Crippen LogP) is 18.7. The molecule has 75 heavy (non-hydrogen) atoms. The maximum atomic E-state index is 13.0. The lowest BCUT2D eigenvalue weighted by Crippen LogP contribution is -2.45. The maximum absolute atomic E-state index is 13.0. The van der Waals surface area contributed by atoms with Gasteiger partial charge in [0.15, 0.2) is 0 Å². The number of hydrogen-bond acceptors (Lipinski definition) is 6. The van der Waals surface area contributed by atoms with Crippen molar-refractivity contribution in [3.63, 3.8) is 0 Å². The van der Waals surface area contributed by atoms with Crippen LogP contribution in [0.25, 0.3) is 0 Å². The fourth-order valence-electron chi connectivity index (χ4n) is 8.70. The van der Waals surface area contributed by atoms with Crippen LogP contribution in [0.1, 0.15) is 264 Å². The van der Waals surface area contributed by atoms with Crippen molar-refractivity contribution in [1.82, 2.24) is 5.32 Å². The lowest BCUT2D eigenvalue weighted by molar-refractivity contribution is -0.870. The molecule has 0 aromatic rings. The van der Waals surface area contributed by atoms with E-state index in [2.05, 4.69) is 104 Å². The summed E-state index contributed by atoms with van der Waals surface area (Å²) in [6, 6.07) is -0.926. The molecule has 9 heteroatoms. The third-order valence-corrected chi connectivity index (χ3v) is 14.5. The van der Waals surface area contributed by atoms with E-state index < -0.39 is 26.6 Å². The van der Waals surface area contributed by atoms with Crippen LogP contribution in [0.5, 0.6) is 0 Å². The monoisotopic (exact) mass is 1070 g/mol. The van der Waals surface area contributed by atoms with E-state index >= 15 is 0 Å². The Bertz CT molecular complexity index is 1540. The Balaban J connectivity index is 4.25. The van der Waals surface area contributed by atoms with E-state index in [1.165, 1.54) is 154 Å². The highest BCUT2D eigenvalue weighted by atomic mass is 31.2. The molecule has 0 aliphatic rings. The standard InChI is InChI=1S/C66H119N2O6P/c1-6-8-10-12-14-16-18-20-22-24-26-28-30-31-32-33-34-35-36-38-39-41-43-45-47-49-51-53-55-57-59-65(69)64(63-74-75(71,72)73-62-61-68(3,4)5)67-66(70)60-58-56-54-52-50-48-46-44-42-40-37-29-27-25-23-21-19-17-15-13-11-9-7-2/h9,11,15,17,21,23,27,29,40,42,46,48-49,51,57,59,64-65,69H,6-8,10,12-14,16,18-20,22,24-26,28,30-39,41,43-45,47,50,52-56,58,60-63H2,1-5H3,(H-,67,70,71,72)/b11-9-,17-15-,23-21-,29-27-,42-40-,48-46-,51-49+,59-57+. The number of aliphatic hydroxyl groups excluding tert-OH is 1. The second-order valence-corrected chi connectivity index (χ2v) is 23.4. The minimum absolute atomic E-state index is 0.0168. The van der Waals surface area contributed by atoms with Gasteiger partial charge < -0.3 is 28.8 Å². The first-order valence-electron chi connectivity index (χ1n) is 31.1. The van der Waals surface area contributed by atoms with Crippen LogP contribution in [0.2, 0.25) is 0 Å². The van der Waals surface area contributed by atoms with Gasteiger partial charge in [-0.2, -0.15) is 0 Å². The van der Waals surface area contributed by atoms with E-state index in [1.54, 1.807) is 6.08 Å². The van der Waals surface area contributed by atoms with E-state index in [9.17, 15) is 19.4 Å². The molecule has 0 rings (SSSR count). The molecule has 0 spiro atoms. The molecular formula is C66H119N2O6P. The summed E-state index contributed by atoms with van der Waals surface area (Å²) < 4.78 is 23.4. The number of carbonyl (C=O) groups excluding carboxylic acids is 1. The van der Waals surface area contributed by atoms with Gasteiger partial charge >= 0.3 is 0 Å². The van der Waals surface area contributed by atoms with E-state index in [1.807, 2.05) is 27.2 Å². The number of likely N-dealkylation sites (N-methyl/N-ethyl adjacent to an activating group) is 1. The highest BCUT2D eigenvalue weighted by Crippen LogP contribution is 2.38. The number of phosphoric ester groups is 1. The van der Waals surface area contributed by atoms with E-state index in [-0.39, 0.29) is 12.5 Å². The molecule has 3 atom stereocenters. The van der Waals surface area contributed by atoms with Gasteiger partial charge in [-0.15, -0.1) is 0 Å². The summed E-state index contributed by atoms with van der Waals surface area (Å²) in [4.78, 5) is 25.5. The average Bonchev–Trinajstić information content (AvgIpc) is 3.37. The van der Waals surface area contributed by atoms with Gasteiger partial charge in [-0.3, -0.25) is 9.36 Å². The Hall–Kier alpha value is -2.58. The molecule has 0 bridgehead atoms. The quantitative estimate of drug-likeness (QED) is 0.0272. The smallest absolute Gasteiger partial charge is 0.268 e. The van der Waals surface area contributed by atoms with Gasteiger partial charge in [-0.25, -0.2) is 0 Å². The number of carbonyl (C=O) groups is 1.